The molecule has 0 unspecified atom stereocenters. The minimum absolute atomic E-state index is 0.0948. The Balaban J connectivity index is 1.78. The molecule has 0 aliphatic heterocycles. The zero-order chi connectivity index (χ0) is 25.3. The molecule has 0 saturated heterocycles. The molecule has 7 heteroatoms. The number of nitrogens with one attached hydrogen (secondary N) is 1. The van der Waals surface area contributed by atoms with Gasteiger partial charge in [0.25, 0.3) is 5.91 Å². The lowest BCUT2D eigenvalue weighted by Gasteiger charge is -2.33. The molecule has 2 aromatic carbocycles. The summed E-state index contributed by atoms with van der Waals surface area (Å²) >= 11 is 0. The molecule has 0 bridgehead atoms. The fraction of sp³-hybridized carbons (Fsp3) is 0.345. The molecule has 0 spiro atoms. The van der Waals surface area contributed by atoms with Gasteiger partial charge in [0, 0.05) is 18.8 Å². The first kappa shape index (κ1) is 25.2. The molecule has 3 aromatic rings. The second-order valence-corrected chi connectivity index (χ2v) is 8.99. The van der Waals surface area contributed by atoms with Gasteiger partial charge in [-0.15, -0.1) is 0 Å². The van der Waals surface area contributed by atoms with E-state index in [-0.39, 0.29) is 30.1 Å². The van der Waals surface area contributed by atoms with Crippen LogP contribution in [-0.4, -0.2) is 42.0 Å². The zero-order valence-electron chi connectivity index (χ0n) is 20.9. The van der Waals surface area contributed by atoms with Crippen molar-refractivity contribution in [3.63, 3.8) is 0 Å². The van der Waals surface area contributed by atoms with Crippen LogP contribution in [0.3, 0.4) is 0 Å². The highest BCUT2D eigenvalue weighted by Crippen LogP contribution is 2.34. The van der Waals surface area contributed by atoms with E-state index in [0.717, 1.165) is 31.2 Å². The van der Waals surface area contributed by atoms with Crippen LogP contribution < -0.4 is 14.8 Å². The fourth-order valence-electron chi connectivity index (χ4n) is 4.72. The van der Waals surface area contributed by atoms with Crippen molar-refractivity contribution >= 4 is 11.8 Å². The molecule has 0 radical (unpaired) electrons. The van der Waals surface area contributed by atoms with Crippen LogP contribution in [0.5, 0.6) is 11.5 Å². The van der Waals surface area contributed by atoms with Crippen LogP contribution in [-0.2, 0) is 11.3 Å². The Hall–Kier alpha value is -3.87. The molecule has 4 rings (SSSR count). The summed E-state index contributed by atoms with van der Waals surface area (Å²) in [4.78, 5) is 33.7. The third-order valence-electron chi connectivity index (χ3n) is 6.58. The summed E-state index contributed by atoms with van der Waals surface area (Å²) in [5.41, 5.74) is 1.84. The predicted molar refractivity (Wildman–Crippen MR) is 138 cm³/mol. The number of rotatable bonds is 9. The molecule has 1 atom stereocenters. The fourth-order valence-corrected chi connectivity index (χ4v) is 4.72. The summed E-state index contributed by atoms with van der Waals surface area (Å²) in [6, 6.07) is 19.4. The Labute approximate surface area is 212 Å². The van der Waals surface area contributed by atoms with Gasteiger partial charge in [0.1, 0.15) is 11.7 Å². The molecule has 1 fully saturated rings. The van der Waals surface area contributed by atoms with Crippen molar-refractivity contribution in [1.82, 2.24) is 15.2 Å². The van der Waals surface area contributed by atoms with E-state index in [1.165, 1.54) is 6.42 Å². The summed E-state index contributed by atoms with van der Waals surface area (Å²) in [6.07, 6.45) is 6.83. The van der Waals surface area contributed by atoms with E-state index in [4.69, 9.17) is 9.47 Å². The molecular weight excluding hydrogens is 454 g/mol. The van der Waals surface area contributed by atoms with Crippen LogP contribution in [0.4, 0.5) is 0 Å². The van der Waals surface area contributed by atoms with Crippen molar-refractivity contribution in [2.24, 2.45) is 0 Å². The van der Waals surface area contributed by atoms with Gasteiger partial charge >= 0.3 is 0 Å². The molecule has 36 heavy (non-hydrogen) atoms. The highest BCUT2D eigenvalue weighted by atomic mass is 16.5. The number of carbonyl (C=O) groups excluding carboxylic acids is 2. The number of nitrogens with zero attached hydrogens (tertiary/aromatic N) is 2. The highest BCUT2D eigenvalue weighted by Gasteiger charge is 2.34. The molecule has 1 aliphatic carbocycles. The topological polar surface area (TPSA) is 80.8 Å². The van der Waals surface area contributed by atoms with Crippen molar-refractivity contribution in [3.05, 3.63) is 89.7 Å². The Kier molecular flexibility index (Phi) is 8.55. The number of ether oxygens (including phenoxy) is 2. The second kappa shape index (κ2) is 12.2. The van der Waals surface area contributed by atoms with Crippen molar-refractivity contribution in [2.75, 3.05) is 14.2 Å². The smallest absolute Gasteiger partial charge is 0.273 e. The average Bonchev–Trinajstić information content (AvgIpc) is 2.93. The molecule has 1 saturated carbocycles. The first-order chi connectivity index (χ1) is 17.6. The van der Waals surface area contributed by atoms with E-state index in [1.807, 2.05) is 36.4 Å². The van der Waals surface area contributed by atoms with Gasteiger partial charge in [0.2, 0.25) is 5.91 Å². The maximum atomic E-state index is 13.9. The number of pyridine rings is 1. The lowest BCUT2D eigenvalue weighted by molar-refractivity contribution is -0.127. The quantitative estimate of drug-likeness (QED) is 0.463. The van der Waals surface area contributed by atoms with Crippen molar-refractivity contribution < 1.29 is 19.1 Å². The average molecular weight is 488 g/mol. The van der Waals surface area contributed by atoms with E-state index in [1.54, 1.807) is 55.6 Å². The van der Waals surface area contributed by atoms with Gasteiger partial charge in [-0.2, -0.15) is 0 Å². The summed E-state index contributed by atoms with van der Waals surface area (Å²) in [5.74, 6) is 0.515. The maximum absolute atomic E-state index is 13.9. The Morgan fingerprint density at radius 2 is 1.67 bits per heavy atom. The molecular formula is C29H33N3O4. The Morgan fingerprint density at radius 3 is 2.33 bits per heavy atom. The van der Waals surface area contributed by atoms with E-state index >= 15 is 0 Å². The number of hydrogen-bond acceptors (Lipinski definition) is 5. The van der Waals surface area contributed by atoms with Gasteiger partial charge in [0.15, 0.2) is 11.5 Å². The molecule has 1 aliphatic rings. The van der Waals surface area contributed by atoms with E-state index in [0.29, 0.717) is 17.1 Å². The number of carbonyl (C=O) groups is 2. The minimum Gasteiger partial charge on any atom is -0.493 e. The normalized spacial score (nSPS) is 14.5. The van der Waals surface area contributed by atoms with Crippen molar-refractivity contribution in [1.29, 1.82) is 0 Å². The van der Waals surface area contributed by atoms with Crippen LogP contribution in [0.25, 0.3) is 0 Å². The first-order valence-electron chi connectivity index (χ1n) is 12.4. The zero-order valence-corrected chi connectivity index (χ0v) is 20.9. The third-order valence-corrected chi connectivity index (χ3v) is 6.58. The molecule has 1 N–H and O–H groups in total. The minimum atomic E-state index is -0.888. The molecule has 188 valence electrons. The lowest BCUT2D eigenvalue weighted by Crippen LogP contribution is -2.47. The second-order valence-electron chi connectivity index (χ2n) is 8.99. The standard InChI is InChI=1S/C29H33N3O4/c1-35-25-17-16-22(19-26(25)36-2)27(28(33)31-23-13-7-4-8-14-23)32(20-21-11-5-3-6-12-21)29(34)24-15-9-10-18-30-24/h3,5-6,9-12,15-19,23,27H,4,7-8,13-14,20H2,1-2H3,(H,31,33)/t27-/m0/s1. The van der Waals surface area contributed by atoms with E-state index in [2.05, 4.69) is 10.3 Å². The lowest BCUT2D eigenvalue weighted by atomic mass is 9.94. The van der Waals surface area contributed by atoms with Crippen LogP contribution in [0.15, 0.2) is 72.9 Å². The summed E-state index contributed by atoms with van der Waals surface area (Å²) < 4.78 is 10.9. The van der Waals surface area contributed by atoms with Crippen molar-refractivity contribution in [3.8, 4) is 11.5 Å². The Morgan fingerprint density at radius 1 is 0.944 bits per heavy atom. The Bertz CT molecular complexity index is 1150. The van der Waals surface area contributed by atoms with Gasteiger partial charge in [-0.3, -0.25) is 14.6 Å². The van der Waals surface area contributed by atoms with Gasteiger partial charge in [-0.1, -0.05) is 61.7 Å². The maximum Gasteiger partial charge on any atom is 0.273 e. The summed E-state index contributed by atoms with van der Waals surface area (Å²) in [7, 11) is 3.12. The third kappa shape index (κ3) is 6.03. The van der Waals surface area contributed by atoms with Gasteiger partial charge < -0.3 is 19.7 Å². The molecule has 1 heterocycles. The summed E-state index contributed by atoms with van der Waals surface area (Å²) in [6.45, 7) is 0.243. The first-order valence-corrected chi connectivity index (χ1v) is 12.4. The predicted octanol–water partition coefficient (Wildman–Crippen LogP) is 4.93. The van der Waals surface area contributed by atoms with Gasteiger partial charge in [0.05, 0.1) is 14.2 Å². The van der Waals surface area contributed by atoms with Crippen LogP contribution in [0.1, 0.15) is 59.8 Å². The van der Waals surface area contributed by atoms with Crippen LogP contribution in [0.2, 0.25) is 0 Å². The van der Waals surface area contributed by atoms with Crippen molar-refractivity contribution in [2.45, 2.75) is 50.7 Å². The summed E-state index contributed by atoms with van der Waals surface area (Å²) in [5, 5.41) is 3.23. The highest BCUT2D eigenvalue weighted by molar-refractivity contribution is 5.96. The molecule has 2 amide bonds. The number of methoxy groups -OCH3 is 2. The van der Waals surface area contributed by atoms with Crippen LogP contribution in [0, 0.1) is 0 Å². The van der Waals surface area contributed by atoms with Gasteiger partial charge in [-0.05, 0) is 48.2 Å². The number of amides is 2. The van der Waals surface area contributed by atoms with E-state index < -0.39 is 6.04 Å². The number of aromatic nitrogens is 1. The number of hydrogen-bond donors (Lipinski definition) is 1. The molecule has 1 aromatic heterocycles. The molecule has 7 nitrogen and oxygen atoms in total. The van der Waals surface area contributed by atoms with Gasteiger partial charge in [-0.25, -0.2) is 0 Å². The van der Waals surface area contributed by atoms with Crippen LogP contribution >= 0.6 is 0 Å². The largest absolute Gasteiger partial charge is 0.493 e. The SMILES string of the molecule is COc1ccc([C@@H](C(=O)NC2CCCCC2)N(Cc2ccccc2)C(=O)c2ccccn2)cc1OC. The van der Waals surface area contributed by atoms with E-state index in [9.17, 15) is 9.59 Å². The number of benzene rings is 2. The monoisotopic (exact) mass is 487 g/mol.